The van der Waals surface area contributed by atoms with Crippen molar-refractivity contribution < 1.29 is 9.53 Å². The summed E-state index contributed by atoms with van der Waals surface area (Å²) < 4.78 is 5.70. The van der Waals surface area contributed by atoms with Gasteiger partial charge in [-0.15, -0.1) is 11.3 Å². The molecule has 0 aliphatic carbocycles. The zero-order valence-electron chi connectivity index (χ0n) is 13.8. The van der Waals surface area contributed by atoms with Gasteiger partial charge in [0.1, 0.15) is 12.4 Å². The molecule has 0 radical (unpaired) electrons. The van der Waals surface area contributed by atoms with Crippen molar-refractivity contribution in [2.75, 3.05) is 5.32 Å². The van der Waals surface area contributed by atoms with Gasteiger partial charge in [-0.1, -0.05) is 6.07 Å². The summed E-state index contributed by atoms with van der Waals surface area (Å²) in [5.41, 5.74) is 2.91. The van der Waals surface area contributed by atoms with Crippen molar-refractivity contribution in [1.82, 2.24) is 4.98 Å². The topological polar surface area (TPSA) is 51.2 Å². The van der Waals surface area contributed by atoms with E-state index in [0.717, 1.165) is 21.9 Å². The molecule has 1 amide bonds. The minimum absolute atomic E-state index is 0.156. The SMILES string of the molecule is Cc1ccsc1/C=C/C(=O)Nc1ccc(OCc2cccnc2)cc1. The van der Waals surface area contributed by atoms with Gasteiger partial charge in [0.25, 0.3) is 0 Å². The Kier molecular flexibility index (Phi) is 5.59. The quantitative estimate of drug-likeness (QED) is 0.657. The van der Waals surface area contributed by atoms with Gasteiger partial charge in [-0.05, 0) is 60.3 Å². The van der Waals surface area contributed by atoms with Crippen LogP contribution in [0.3, 0.4) is 0 Å². The number of carbonyl (C=O) groups excluding carboxylic acids is 1. The molecule has 3 rings (SSSR count). The number of nitrogens with zero attached hydrogens (tertiary/aromatic N) is 1. The first-order valence-corrected chi connectivity index (χ1v) is 8.73. The monoisotopic (exact) mass is 350 g/mol. The number of hydrogen-bond donors (Lipinski definition) is 1. The largest absolute Gasteiger partial charge is 0.489 e. The predicted molar refractivity (Wildman–Crippen MR) is 102 cm³/mol. The van der Waals surface area contributed by atoms with Gasteiger partial charge in [0.15, 0.2) is 0 Å². The van der Waals surface area contributed by atoms with Crippen LogP contribution >= 0.6 is 11.3 Å². The molecule has 0 unspecified atom stereocenters. The van der Waals surface area contributed by atoms with Gasteiger partial charge in [-0.3, -0.25) is 9.78 Å². The van der Waals surface area contributed by atoms with Crippen LogP contribution in [-0.4, -0.2) is 10.9 Å². The lowest BCUT2D eigenvalue weighted by Gasteiger charge is -2.07. The summed E-state index contributed by atoms with van der Waals surface area (Å²) in [6.45, 7) is 2.49. The number of thiophene rings is 1. The number of hydrogen-bond acceptors (Lipinski definition) is 4. The number of aryl methyl sites for hydroxylation is 1. The fraction of sp³-hybridized carbons (Fsp3) is 0.100. The number of ether oxygens (including phenoxy) is 1. The molecule has 2 heterocycles. The van der Waals surface area contributed by atoms with Gasteiger partial charge in [-0.25, -0.2) is 0 Å². The smallest absolute Gasteiger partial charge is 0.248 e. The van der Waals surface area contributed by atoms with Gasteiger partial charge in [0.2, 0.25) is 5.91 Å². The van der Waals surface area contributed by atoms with Crippen LogP contribution < -0.4 is 10.1 Å². The molecule has 3 aromatic rings. The normalized spacial score (nSPS) is 10.8. The summed E-state index contributed by atoms with van der Waals surface area (Å²) >= 11 is 1.62. The van der Waals surface area contributed by atoms with Gasteiger partial charge < -0.3 is 10.1 Å². The van der Waals surface area contributed by atoms with Crippen LogP contribution in [0.5, 0.6) is 5.75 Å². The Morgan fingerprint density at radius 2 is 2.08 bits per heavy atom. The van der Waals surface area contributed by atoms with Crippen LogP contribution in [0.4, 0.5) is 5.69 Å². The molecule has 1 aromatic carbocycles. The predicted octanol–water partition coefficient (Wildman–Crippen LogP) is 4.68. The molecular formula is C20H18N2O2S. The Balaban J connectivity index is 1.52. The lowest BCUT2D eigenvalue weighted by molar-refractivity contribution is -0.111. The highest BCUT2D eigenvalue weighted by atomic mass is 32.1. The summed E-state index contributed by atoms with van der Waals surface area (Å²) in [5.74, 6) is 0.587. The number of amides is 1. The zero-order chi connectivity index (χ0) is 17.5. The standard InChI is InChI=1S/C20H18N2O2S/c1-15-10-12-25-19(15)8-9-20(23)22-17-4-6-18(7-5-17)24-14-16-3-2-11-21-13-16/h2-13H,14H2,1H3,(H,22,23)/b9-8+. The van der Waals surface area contributed by atoms with E-state index in [4.69, 9.17) is 4.74 Å². The molecule has 2 aromatic heterocycles. The van der Waals surface area contributed by atoms with E-state index in [0.29, 0.717) is 6.61 Å². The number of aromatic nitrogens is 1. The van der Waals surface area contributed by atoms with E-state index in [9.17, 15) is 4.79 Å². The number of carbonyl (C=O) groups is 1. The van der Waals surface area contributed by atoms with Crippen LogP contribution in [0.1, 0.15) is 16.0 Å². The third-order valence-corrected chi connectivity index (χ3v) is 4.52. The lowest BCUT2D eigenvalue weighted by atomic mass is 10.2. The van der Waals surface area contributed by atoms with Crippen LogP contribution in [0, 0.1) is 6.92 Å². The Labute approximate surface area is 150 Å². The molecule has 0 bridgehead atoms. The number of pyridine rings is 1. The van der Waals surface area contributed by atoms with Crippen molar-refractivity contribution >= 4 is 29.0 Å². The zero-order valence-corrected chi connectivity index (χ0v) is 14.6. The van der Waals surface area contributed by atoms with Crippen LogP contribution in [-0.2, 0) is 11.4 Å². The fourth-order valence-electron chi connectivity index (χ4n) is 2.18. The van der Waals surface area contributed by atoms with Crippen molar-refractivity contribution in [3.8, 4) is 5.75 Å². The summed E-state index contributed by atoms with van der Waals surface area (Å²) in [6.07, 6.45) is 6.89. The molecule has 25 heavy (non-hydrogen) atoms. The van der Waals surface area contributed by atoms with Crippen LogP contribution in [0.15, 0.2) is 66.3 Å². The van der Waals surface area contributed by atoms with Crippen molar-refractivity contribution in [3.63, 3.8) is 0 Å². The molecular weight excluding hydrogens is 332 g/mol. The molecule has 126 valence electrons. The molecule has 5 heteroatoms. The Hall–Kier alpha value is -2.92. The van der Waals surface area contributed by atoms with Crippen molar-refractivity contribution in [2.45, 2.75) is 13.5 Å². The minimum atomic E-state index is -0.156. The second kappa shape index (κ2) is 8.26. The first-order chi connectivity index (χ1) is 12.2. The van der Waals surface area contributed by atoms with Crippen molar-refractivity contribution in [2.24, 2.45) is 0 Å². The maximum absolute atomic E-state index is 12.0. The van der Waals surface area contributed by atoms with Gasteiger partial charge in [0, 0.05) is 34.6 Å². The number of nitrogens with one attached hydrogen (secondary N) is 1. The summed E-state index contributed by atoms with van der Waals surface area (Å²) in [4.78, 5) is 17.1. The molecule has 0 atom stereocenters. The molecule has 0 fully saturated rings. The molecule has 1 N–H and O–H groups in total. The average Bonchev–Trinajstić information content (AvgIpc) is 3.05. The maximum atomic E-state index is 12.0. The fourth-order valence-corrected chi connectivity index (χ4v) is 2.99. The van der Waals surface area contributed by atoms with Gasteiger partial charge in [0.05, 0.1) is 0 Å². The minimum Gasteiger partial charge on any atom is -0.489 e. The van der Waals surface area contributed by atoms with E-state index in [2.05, 4.69) is 10.3 Å². The number of rotatable bonds is 6. The van der Waals surface area contributed by atoms with Crippen molar-refractivity contribution in [1.29, 1.82) is 0 Å². The average molecular weight is 350 g/mol. The second-order valence-corrected chi connectivity index (χ2v) is 6.41. The summed E-state index contributed by atoms with van der Waals surface area (Å²) in [7, 11) is 0. The Bertz CT molecular complexity index is 855. The third-order valence-electron chi connectivity index (χ3n) is 3.54. The second-order valence-electron chi connectivity index (χ2n) is 5.46. The number of anilines is 1. The van der Waals surface area contributed by atoms with Gasteiger partial charge in [-0.2, -0.15) is 0 Å². The molecule has 4 nitrogen and oxygen atoms in total. The Morgan fingerprint density at radius 1 is 1.24 bits per heavy atom. The molecule has 0 aliphatic rings. The van der Waals surface area contributed by atoms with E-state index < -0.39 is 0 Å². The highest BCUT2D eigenvalue weighted by molar-refractivity contribution is 7.11. The van der Waals surface area contributed by atoms with Crippen molar-refractivity contribution in [3.05, 3.63) is 82.3 Å². The number of benzene rings is 1. The molecule has 0 saturated heterocycles. The Morgan fingerprint density at radius 3 is 2.76 bits per heavy atom. The molecule has 0 saturated carbocycles. The highest BCUT2D eigenvalue weighted by Crippen LogP contribution is 2.18. The summed E-state index contributed by atoms with van der Waals surface area (Å²) in [6, 6.07) is 13.2. The van der Waals surface area contributed by atoms with E-state index in [1.165, 1.54) is 5.56 Å². The van der Waals surface area contributed by atoms with Crippen LogP contribution in [0.25, 0.3) is 6.08 Å². The van der Waals surface area contributed by atoms with E-state index in [1.807, 2.05) is 60.8 Å². The first kappa shape index (κ1) is 16.9. The first-order valence-electron chi connectivity index (χ1n) is 7.85. The highest BCUT2D eigenvalue weighted by Gasteiger charge is 2.01. The van der Waals surface area contributed by atoms with E-state index in [-0.39, 0.29) is 5.91 Å². The third kappa shape index (κ3) is 5.02. The summed E-state index contributed by atoms with van der Waals surface area (Å²) in [5, 5.41) is 4.85. The molecule has 0 spiro atoms. The molecule has 0 aliphatic heterocycles. The van der Waals surface area contributed by atoms with E-state index >= 15 is 0 Å². The maximum Gasteiger partial charge on any atom is 0.248 e. The van der Waals surface area contributed by atoms with Gasteiger partial charge >= 0.3 is 0 Å². The van der Waals surface area contributed by atoms with Crippen LogP contribution in [0.2, 0.25) is 0 Å². The van der Waals surface area contributed by atoms with E-state index in [1.54, 1.807) is 29.8 Å². The lowest BCUT2D eigenvalue weighted by Crippen LogP contribution is -2.07.